The van der Waals surface area contributed by atoms with Crippen LogP contribution in [0.3, 0.4) is 0 Å². The number of carbonyl (C=O) groups is 2. The molecule has 0 aliphatic carbocycles. The van der Waals surface area contributed by atoms with Gasteiger partial charge in [0.1, 0.15) is 29.5 Å². The summed E-state index contributed by atoms with van der Waals surface area (Å²) in [4.78, 5) is 23.7. The van der Waals surface area contributed by atoms with Crippen LogP contribution in [0.5, 0.6) is 0 Å². The summed E-state index contributed by atoms with van der Waals surface area (Å²) in [7, 11) is 0. The molecule has 188 valence electrons. The molecule has 0 aliphatic rings. The summed E-state index contributed by atoms with van der Waals surface area (Å²) in [6, 6.07) is 11.7. The van der Waals surface area contributed by atoms with Crippen molar-refractivity contribution in [1.29, 1.82) is 0 Å². The van der Waals surface area contributed by atoms with E-state index in [4.69, 9.17) is 4.74 Å². The van der Waals surface area contributed by atoms with Crippen LogP contribution in [0.25, 0.3) is 28.5 Å². The average Bonchev–Trinajstić information content (AvgIpc) is 2.83. The molecule has 2 aromatic carbocycles. The van der Waals surface area contributed by atoms with E-state index in [1.165, 1.54) is 30.3 Å². The molecule has 0 saturated carbocycles. The first-order valence-corrected chi connectivity index (χ1v) is 11.7. The Balaban J connectivity index is 2.07. The van der Waals surface area contributed by atoms with Gasteiger partial charge in [0.15, 0.2) is 0 Å². The fraction of sp³-hybridized carbons (Fsp3) is 0.286. The molecule has 0 aliphatic heterocycles. The lowest BCUT2D eigenvalue weighted by Gasteiger charge is -2.18. The number of aliphatic hydroxyl groups is 1. The van der Waals surface area contributed by atoms with Crippen molar-refractivity contribution in [1.82, 2.24) is 10.2 Å². The van der Waals surface area contributed by atoms with E-state index in [2.05, 4.69) is 10.2 Å². The van der Waals surface area contributed by atoms with Crippen molar-refractivity contribution in [2.45, 2.75) is 45.6 Å². The van der Waals surface area contributed by atoms with Crippen molar-refractivity contribution in [2.24, 2.45) is 0 Å². The van der Waals surface area contributed by atoms with Crippen LogP contribution >= 0.6 is 0 Å². The number of rotatable bonds is 10. The Kier molecular flexibility index (Phi) is 9.13. The number of hydrogen-bond donors (Lipinski definition) is 1. The van der Waals surface area contributed by atoms with Gasteiger partial charge in [0.2, 0.25) is 0 Å². The summed E-state index contributed by atoms with van der Waals surface area (Å²) in [5.74, 6) is -1.94. The second-order valence-electron chi connectivity index (χ2n) is 8.54. The zero-order chi connectivity index (χ0) is 26.2. The summed E-state index contributed by atoms with van der Waals surface area (Å²) < 4.78 is 32.1. The molecule has 3 aromatic rings. The van der Waals surface area contributed by atoms with Crippen molar-refractivity contribution in [3.8, 4) is 22.4 Å². The smallest absolute Gasteiger partial charge is 0.313 e. The lowest BCUT2D eigenvalue weighted by molar-refractivity contribution is -0.145. The number of carbonyl (C=O) groups excluding carboxylic acids is 2. The highest BCUT2D eigenvalue weighted by atomic mass is 19.1. The van der Waals surface area contributed by atoms with Crippen molar-refractivity contribution in [2.75, 3.05) is 6.61 Å². The van der Waals surface area contributed by atoms with E-state index in [0.717, 1.165) is 0 Å². The highest BCUT2D eigenvalue weighted by Gasteiger charge is 2.21. The molecule has 1 atom stereocenters. The van der Waals surface area contributed by atoms with Crippen LogP contribution < -0.4 is 0 Å². The minimum atomic E-state index is -1.16. The molecule has 36 heavy (non-hydrogen) atoms. The van der Waals surface area contributed by atoms with Gasteiger partial charge in [0, 0.05) is 23.1 Å². The van der Waals surface area contributed by atoms with Crippen molar-refractivity contribution in [3.05, 3.63) is 77.5 Å². The van der Waals surface area contributed by atoms with E-state index >= 15 is 0 Å². The Morgan fingerprint density at radius 1 is 0.972 bits per heavy atom. The molecule has 0 amide bonds. The lowest BCUT2D eigenvalue weighted by Crippen LogP contribution is -2.16. The molecule has 0 bridgehead atoms. The first kappa shape index (κ1) is 26.8. The fourth-order valence-corrected chi connectivity index (χ4v) is 3.73. The second-order valence-corrected chi connectivity index (χ2v) is 8.54. The number of halogens is 2. The van der Waals surface area contributed by atoms with E-state index in [1.807, 2.05) is 13.8 Å². The first-order valence-electron chi connectivity index (χ1n) is 11.7. The molecule has 0 fully saturated rings. The maximum Gasteiger partial charge on any atom is 0.313 e. The molecule has 1 aromatic heterocycles. The number of Topliss-reactive ketones (excluding diaryl/α,β-unsaturated/α-hetero) is 1. The monoisotopic (exact) mass is 494 g/mol. The standard InChI is InChI=1S/C28H28F2N2O4/c1-4-36-25(35)16-23(34)15-22(33)13-14-24-26(18-5-9-20(29)10-6-18)28(32-31-27(24)17(2)3)19-7-11-21(30)12-8-19/h5-14,17,22,33H,4,15-16H2,1-3H3. The summed E-state index contributed by atoms with van der Waals surface area (Å²) in [5, 5.41) is 19.3. The van der Waals surface area contributed by atoms with Crippen LogP contribution in [-0.4, -0.2) is 39.8 Å². The molecule has 0 radical (unpaired) electrons. The first-order chi connectivity index (χ1) is 17.2. The second kappa shape index (κ2) is 12.3. The summed E-state index contributed by atoms with van der Waals surface area (Å²) in [6.45, 7) is 5.69. The van der Waals surface area contributed by atoms with E-state index in [0.29, 0.717) is 33.6 Å². The third-order valence-electron chi connectivity index (χ3n) is 5.41. The van der Waals surface area contributed by atoms with E-state index < -0.39 is 35.9 Å². The summed E-state index contributed by atoms with van der Waals surface area (Å²) in [5.41, 5.74) is 3.60. The third-order valence-corrected chi connectivity index (χ3v) is 5.41. The van der Waals surface area contributed by atoms with E-state index in [9.17, 15) is 23.5 Å². The van der Waals surface area contributed by atoms with Crippen LogP contribution in [0.1, 0.15) is 50.8 Å². The number of benzene rings is 2. The predicted octanol–water partition coefficient (Wildman–Crippen LogP) is 5.50. The summed E-state index contributed by atoms with van der Waals surface area (Å²) in [6.07, 6.45) is 1.27. The highest BCUT2D eigenvalue weighted by Crippen LogP contribution is 2.37. The molecule has 0 saturated heterocycles. The molecule has 6 nitrogen and oxygen atoms in total. The number of ketones is 1. The van der Waals surface area contributed by atoms with Crippen LogP contribution in [0, 0.1) is 11.6 Å². The van der Waals surface area contributed by atoms with E-state index in [-0.39, 0.29) is 18.9 Å². The number of nitrogens with zero attached hydrogens (tertiary/aromatic N) is 2. The largest absolute Gasteiger partial charge is 0.466 e. The Morgan fingerprint density at radius 2 is 1.56 bits per heavy atom. The maximum atomic E-state index is 13.7. The minimum Gasteiger partial charge on any atom is -0.466 e. The van der Waals surface area contributed by atoms with Gasteiger partial charge in [0.05, 0.1) is 18.4 Å². The SMILES string of the molecule is CCOC(=O)CC(=O)CC(O)C=Cc1c(C(C)C)nnc(-c2ccc(F)cc2)c1-c1ccc(F)cc1. The Bertz CT molecular complexity index is 1240. The van der Waals surface area contributed by atoms with Gasteiger partial charge < -0.3 is 9.84 Å². The number of ether oxygens (including phenoxy) is 1. The van der Waals surface area contributed by atoms with Crippen molar-refractivity contribution >= 4 is 17.8 Å². The van der Waals surface area contributed by atoms with Crippen LogP contribution in [0.2, 0.25) is 0 Å². The molecule has 8 heteroatoms. The minimum absolute atomic E-state index is 0.0544. The molecule has 3 rings (SSSR count). The lowest BCUT2D eigenvalue weighted by atomic mass is 9.90. The Labute approximate surface area is 208 Å². The number of esters is 1. The molecule has 1 unspecified atom stereocenters. The average molecular weight is 495 g/mol. The van der Waals surface area contributed by atoms with Gasteiger partial charge in [0.25, 0.3) is 0 Å². The Hall–Kier alpha value is -3.78. The van der Waals surface area contributed by atoms with Crippen LogP contribution in [0.15, 0.2) is 54.6 Å². The van der Waals surface area contributed by atoms with Gasteiger partial charge in [-0.15, -0.1) is 5.10 Å². The number of aliphatic hydroxyl groups excluding tert-OH is 1. The summed E-state index contributed by atoms with van der Waals surface area (Å²) >= 11 is 0. The molecule has 1 N–H and O–H groups in total. The maximum absolute atomic E-state index is 13.7. The van der Waals surface area contributed by atoms with Gasteiger partial charge in [-0.05, 0) is 54.8 Å². The van der Waals surface area contributed by atoms with Gasteiger partial charge in [-0.1, -0.05) is 38.1 Å². The molecule has 0 spiro atoms. The quantitative estimate of drug-likeness (QED) is 0.296. The molecule has 1 heterocycles. The molecular weight excluding hydrogens is 466 g/mol. The molecular formula is C28H28F2N2O4. The number of aromatic nitrogens is 2. The van der Waals surface area contributed by atoms with Crippen molar-refractivity contribution in [3.63, 3.8) is 0 Å². The zero-order valence-corrected chi connectivity index (χ0v) is 20.4. The zero-order valence-electron chi connectivity index (χ0n) is 20.4. The fourth-order valence-electron chi connectivity index (χ4n) is 3.73. The van der Waals surface area contributed by atoms with Gasteiger partial charge in [-0.2, -0.15) is 5.10 Å². The van der Waals surface area contributed by atoms with Gasteiger partial charge in [-0.3, -0.25) is 9.59 Å². The van der Waals surface area contributed by atoms with Crippen LogP contribution in [0.4, 0.5) is 8.78 Å². The van der Waals surface area contributed by atoms with E-state index in [1.54, 1.807) is 37.3 Å². The van der Waals surface area contributed by atoms with Gasteiger partial charge >= 0.3 is 5.97 Å². The normalized spacial score (nSPS) is 12.2. The number of hydrogen-bond acceptors (Lipinski definition) is 6. The predicted molar refractivity (Wildman–Crippen MR) is 133 cm³/mol. The van der Waals surface area contributed by atoms with Crippen LogP contribution in [-0.2, 0) is 14.3 Å². The van der Waals surface area contributed by atoms with Crippen molar-refractivity contribution < 1.29 is 28.2 Å². The Morgan fingerprint density at radius 3 is 2.11 bits per heavy atom. The third kappa shape index (κ3) is 6.88. The van der Waals surface area contributed by atoms with Gasteiger partial charge in [-0.25, -0.2) is 8.78 Å². The highest BCUT2D eigenvalue weighted by molar-refractivity contribution is 5.96. The topological polar surface area (TPSA) is 89.4 Å².